The Hall–Kier alpha value is -5.85. The molecule has 3 aliphatic heterocycles. The van der Waals surface area contributed by atoms with Crippen molar-refractivity contribution in [2.24, 2.45) is 5.41 Å². The van der Waals surface area contributed by atoms with Gasteiger partial charge in [0.05, 0.1) is 39.8 Å². The number of sulfonamides is 1. The number of nitrogens with zero attached hydrogens (tertiary/aromatic N) is 8. The summed E-state index contributed by atoms with van der Waals surface area (Å²) in [4.78, 5) is 43.6. The first-order valence-corrected chi connectivity index (χ1v) is 24.0. The zero-order valence-electron chi connectivity index (χ0n) is 36.4. The highest BCUT2D eigenvalue weighted by Gasteiger charge is 2.37. The van der Waals surface area contributed by atoms with Gasteiger partial charge in [0, 0.05) is 99.5 Å². The highest BCUT2D eigenvalue weighted by atomic mass is 35.5. The summed E-state index contributed by atoms with van der Waals surface area (Å²) in [7, 11) is -4.56. The number of nitrogens with one attached hydrogen (secondary N) is 2. The number of ether oxygens (including phenoxy) is 1. The Morgan fingerprint density at radius 3 is 2.48 bits per heavy atom. The average Bonchev–Trinajstić information content (AvgIpc) is 3.92. The molecule has 0 unspecified atom stereocenters. The monoisotopic (exact) mass is 918 g/mol. The van der Waals surface area contributed by atoms with Crippen LogP contribution in [0.3, 0.4) is 0 Å². The number of hydrogen-bond acceptors (Lipinski definition) is 12. The second-order valence-corrected chi connectivity index (χ2v) is 20.4. The topological polar surface area (TPSA) is 175 Å². The van der Waals surface area contributed by atoms with Gasteiger partial charge in [-0.2, -0.15) is 0 Å². The molecule has 65 heavy (non-hydrogen) atoms. The van der Waals surface area contributed by atoms with Crippen LogP contribution < -0.4 is 14.5 Å². The molecule has 0 bridgehead atoms. The largest absolute Gasteiger partial charge is 0.379 e. The molecule has 18 heteroatoms. The molecule has 10 rings (SSSR count). The molecule has 0 spiro atoms. The number of aromatic nitrogens is 4. The van der Waals surface area contributed by atoms with Crippen molar-refractivity contribution in [3.8, 4) is 5.69 Å². The fourth-order valence-electron chi connectivity index (χ4n) is 9.75. The number of anilines is 2. The van der Waals surface area contributed by atoms with Crippen LogP contribution >= 0.6 is 11.6 Å². The van der Waals surface area contributed by atoms with Gasteiger partial charge in [0.1, 0.15) is 11.2 Å². The lowest BCUT2D eigenvalue weighted by atomic mass is 9.72. The summed E-state index contributed by atoms with van der Waals surface area (Å²) >= 11 is 6.26. The number of morpholine rings is 1. The number of piperazine rings is 1. The van der Waals surface area contributed by atoms with E-state index in [2.05, 4.69) is 55.5 Å². The van der Waals surface area contributed by atoms with Crippen molar-refractivity contribution in [3.63, 3.8) is 0 Å². The molecule has 3 aromatic heterocycles. The summed E-state index contributed by atoms with van der Waals surface area (Å²) in [5.74, 6) is -0.890. The number of carbonyl (C=O) groups excluding carboxylic acids is 1. The molecule has 3 saturated heterocycles. The van der Waals surface area contributed by atoms with Crippen LogP contribution in [-0.4, -0.2) is 127 Å². The van der Waals surface area contributed by atoms with Gasteiger partial charge in [-0.15, -0.1) is 0 Å². The summed E-state index contributed by atoms with van der Waals surface area (Å²) in [6.45, 7) is 12.8. The molecule has 6 aromatic rings. The minimum atomic E-state index is -4.56. The third kappa shape index (κ3) is 8.70. The predicted molar refractivity (Wildman–Crippen MR) is 252 cm³/mol. The Bertz CT molecular complexity index is 2950. The van der Waals surface area contributed by atoms with Gasteiger partial charge in [0.2, 0.25) is 0 Å². The third-order valence-corrected chi connectivity index (χ3v) is 15.1. The Morgan fingerprint density at radius 1 is 0.954 bits per heavy atom. The maximum atomic E-state index is 14.3. The smallest absolute Gasteiger partial charge is 0.293 e. The van der Waals surface area contributed by atoms with E-state index in [0.29, 0.717) is 54.4 Å². The van der Waals surface area contributed by atoms with E-state index < -0.39 is 20.9 Å². The van der Waals surface area contributed by atoms with Gasteiger partial charge < -0.3 is 14.5 Å². The maximum Gasteiger partial charge on any atom is 0.293 e. The number of hydrogen-bond donors (Lipinski definition) is 2. The van der Waals surface area contributed by atoms with E-state index >= 15 is 0 Å². The number of halogens is 1. The Kier molecular flexibility index (Phi) is 11.4. The maximum absolute atomic E-state index is 14.3. The van der Waals surface area contributed by atoms with E-state index in [4.69, 9.17) is 21.3 Å². The number of fused-ring (bicyclic) bond motifs is 2. The molecule has 1 amide bonds. The van der Waals surface area contributed by atoms with Crippen LogP contribution in [0.5, 0.6) is 0 Å². The van der Waals surface area contributed by atoms with Crippen molar-refractivity contribution >= 4 is 72.2 Å². The zero-order valence-corrected chi connectivity index (χ0v) is 37.9. The third-order valence-electron chi connectivity index (χ3n) is 13.5. The number of amides is 1. The predicted octanol–water partition coefficient (Wildman–Crippen LogP) is 6.89. The van der Waals surface area contributed by atoms with Crippen LogP contribution in [0.2, 0.25) is 5.02 Å². The number of nitro benzene ring substituents is 1. The van der Waals surface area contributed by atoms with Crippen molar-refractivity contribution in [1.29, 1.82) is 0 Å². The van der Waals surface area contributed by atoms with Crippen LogP contribution in [0.4, 0.5) is 17.1 Å². The first kappa shape index (κ1) is 43.1. The van der Waals surface area contributed by atoms with Crippen LogP contribution in [0.1, 0.15) is 49.0 Å². The lowest BCUT2D eigenvalue weighted by Crippen LogP contribution is -2.61. The summed E-state index contributed by atoms with van der Waals surface area (Å²) in [5, 5.41) is 17.1. The number of nitro groups is 1. The van der Waals surface area contributed by atoms with Crippen molar-refractivity contribution in [1.82, 2.24) is 34.3 Å². The molecule has 16 nitrogen and oxygen atoms in total. The van der Waals surface area contributed by atoms with Gasteiger partial charge in [0.15, 0.2) is 5.65 Å². The number of H-pyrrole nitrogens is 1. The van der Waals surface area contributed by atoms with Crippen molar-refractivity contribution in [2.45, 2.75) is 44.0 Å². The fraction of sp³-hybridized carbons (Fsp3) is 0.383. The molecule has 0 radical (unpaired) electrons. The quantitative estimate of drug-likeness (QED) is 0.102. The van der Waals surface area contributed by atoms with Gasteiger partial charge in [-0.3, -0.25) is 34.5 Å². The van der Waals surface area contributed by atoms with E-state index in [1.54, 1.807) is 23.1 Å². The van der Waals surface area contributed by atoms with E-state index in [1.165, 1.54) is 28.8 Å². The van der Waals surface area contributed by atoms with E-state index in [1.807, 2.05) is 41.3 Å². The second kappa shape index (κ2) is 17.2. The van der Waals surface area contributed by atoms with Gasteiger partial charge in [0.25, 0.3) is 21.6 Å². The number of allylic oxidation sites excluding steroid dienone is 1. The molecule has 3 fully saturated rings. The molecule has 338 valence electrons. The van der Waals surface area contributed by atoms with Gasteiger partial charge >= 0.3 is 0 Å². The minimum absolute atomic E-state index is 0.0770. The summed E-state index contributed by atoms with van der Waals surface area (Å²) in [6, 6.07) is 21.4. The standard InChI is InChI=1S/C47H51ClN10O6S/c1-47(2)13-11-33(39(26-47)31-3-5-34(48)6-4-31)28-53-15-17-54(18-16-53)35-7-9-38(42(24-35)57-43-23-32-12-14-49-45(32)51-40(43)27-50-57)46(59)52-65(62,63)37-8-10-41(44(25-37)58(60)61)56-29-36(30-56)55-19-21-64-22-20-55/h3-10,12,14,23-25,27,36,50H,11,13,15-22,26,28-30H2,1-2H3,(H,52,59). The molecule has 6 heterocycles. The van der Waals surface area contributed by atoms with Crippen molar-refractivity contribution < 1.29 is 22.9 Å². The zero-order chi connectivity index (χ0) is 45.0. The molecule has 4 aliphatic rings. The van der Waals surface area contributed by atoms with E-state index in [0.717, 1.165) is 87.2 Å². The van der Waals surface area contributed by atoms with Crippen LogP contribution in [0.15, 0.2) is 95.7 Å². The summed E-state index contributed by atoms with van der Waals surface area (Å²) < 4.78 is 37.3. The number of carbonyl (C=O) groups is 1. The van der Waals surface area contributed by atoms with Crippen molar-refractivity contribution in [2.75, 3.05) is 81.9 Å². The molecule has 0 saturated carbocycles. The molecular formula is C47H51ClN10O6S. The Labute approximate surface area is 382 Å². The number of rotatable bonds is 11. The SMILES string of the molecule is CC1(C)CCC(CN2CCN(c3ccc(C(=O)NS(=O)(=O)c4ccc(N5CC(N6CCOCC6)C5)c([N+](=O)[O-])c4)c(-n4[nH]cc5nc6nccc6cc54)c3)CC2)=C(c2ccc(Cl)cc2)C1. The molecular weight excluding hydrogens is 868 g/mol. The first-order chi connectivity index (χ1) is 31.3. The van der Waals surface area contributed by atoms with Gasteiger partial charge in [-0.05, 0) is 90.4 Å². The normalized spacial score (nSPS) is 18.9. The van der Waals surface area contributed by atoms with Crippen LogP contribution in [0.25, 0.3) is 33.3 Å². The number of pyridine rings is 1. The van der Waals surface area contributed by atoms with Crippen LogP contribution in [-0.2, 0) is 14.8 Å². The highest BCUT2D eigenvalue weighted by Crippen LogP contribution is 2.43. The Morgan fingerprint density at radius 2 is 1.72 bits per heavy atom. The highest BCUT2D eigenvalue weighted by molar-refractivity contribution is 7.90. The lowest BCUT2D eigenvalue weighted by molar-refractivity contribution is -0.384. The molecule has 1 aliphatic carbocycles. The summed E-state index contributed by atoms with van der Waals surface area (Å²) in [5.41, 5.74) is 7.55. The average molecular weight is 920 g/mol. The fourth-order valence-corrected chi connectivity index (χ4v) is 10.9. The summed E-state index contributed by atoms with van der Waals surface area (Å²) in [6.07, 6.45) is 6.60. The molecule has 3 aromatic carbocycles. The molecule has 2 N–H and O–H groups in total. The molecule has 0 atom stereocenters. The lowest BCUT2D eigenvalue weighted by Gasteiger charge is -2.47. The van der Waals surface area contributed by atoms with E-state index in [9.17, 15) is 23.3 Å². The second-order valence-electron chi connectivity index (χ2n) is 18.3. The van der Waals surface area contributed by atoms with Crippen LogP contribution in [0, 0.1) is 15.5 Å². The Balaban J connectivity index is 0.905. The number of aromatic amines is 1. The van der Waals surface area contributed by atoms with Gasteiger partial charge in [-0.25, -0.2) is 23.1 Å². The first-order valence-electron chi connectivity index (χ1n) is 22.1. The minimum Gasteiger partial charge on any atom is -0.379 e. The van der Waals surface area contributed by atoms with Crippen molar-refractivity contribution in [3.05, 3.63) is 117 Å². The van der Waals surface area contributed by atoms with Gasteiger partial charge in [-0.1, -0.05) is 43.2 Å². The number of benzene rings is 3. The van der Waals surface area contributed by atoms with E-state index in [-0.39, 0.29) is 27.6 Å².